The fraction of sp³-hybridized carbons (Fsp3) is 0.312. The van der Waals surface area contributed by atoms with E-state index >= 15 is 0 Å². The third kappa shape index (κ3) is 3.80. The minimum absolute atomic E-state index is 0.661. The summed E-state index contributed by atoms with van der Waals surface area (Å²) < 4.78 is 5.10. The van der Waals surface area contributed by atoms with Crippen LogP contribution in [0.25, 0.3) is 0 Å². The number of benzene rings is 1. The second kappa shape index (κ2) is 6.34. The summed E-state index contributed by atoms with van der Waals surface area (Å²) in [4.78, 5) is 4.45. The van der Waals surface area contributed by atoms with E-state index in [4.69, 9.17) is 4.74 Å². The zero-order valence-electron chi connectivity index (χ0n) is 11.7. The van der Waals surface area contributed by atoms with Crippen molar-refractivity contribution >= 4 is 5.69 Å². The summed E-state index contributed by atoms with van der Waals surface area (Å²) in [7, 11) is 1.71. The molecule has 1 N–H and O–H groups in total. The maximum atomic E-state index is 5.10. The van der Waals surface area contributed by atoms with Gasteiger partial charge in [-0.15, -0.1) is 0 Å². The minimum atomic E-state index is 0.661. The molecule has 0 aliphatic heterocycles. The van der Waals surface area contributed by atoms with Gasteiger partial charge in [0.05, 0.1) is 18.0 Å². The van der Waals surface area contributed by atoms with E-state index in [1.54, 1.807) is 7.11 Å². The fourth-order valence-corrected chi connectivity index (χ4v) is 1.99. The van der Waals surface area contributed by atoms with Gasteiger partial charge in [0.2, 0.25) is 0 Å². The first-order chi connectivity index (χ1) is 9.19. The van der Waals surface area contributed by atoms with Gasteiger partial charge in [-0.3, -0.25) is 4.98 Å². The van der Waals surface area contributed by atoms with Crippen LogP contribution in [0, 0.1) is 13.8 Å². The Kier molecular flexibility index (Phi) is 4.53. The molecule has 1 aromatic heterocycles. The largest absolute Gasteiger partial charge is 0.380 e. The van der Waals surface area contributed by atoms with Crippen molar-refractivity contribution in [3.05, 3.63) is 58.9 Å². The third-order valence-electron chi connectivity index (χ3n) is 3.04. The zero-order chi connectivity index (χ0) is 13.7. The molecule has 0 unspecified atom stereocenters. The quantitative estimate of drug-likeness (QED) is 0.889. The Bertz CT molecular complexity index is 535. The maximum Gasteiger partial charge on any atom is 0.0713 e. The van der Waals surface area contributed by atoms with Gasteiger partial charge >= 0.3 is 0 Å². The number of ether oxygens (including phenoxy) is 1. The van der Waals surface area contributed by atoms with Crippen molar-refractivity contribution in [3.63, 3.8) is 0 Å². The van der Waals surface area contributed by atoms with Gasteiger partial charge in [-0.05, 0) is 37.1 Å². The second-order valence-corrected chi connectivity index (χ2v) is 4.69. The Hall–Kier alpha value is -1.87. The molecule has 0 amide bonds. The van der Waals surface area contributed by atoms with E-state index in [-0.39, 0.29) is 0 Å². The van der Waals surface area contributed by atoms with E-state index in [9.17, 15) is 0 Å². The predicted molar refractivity (Wildman–Crippen MR) is 78.2 cm³/mol. The highest BCUT2D eigenvalue weighted by Crippen LogP contribution is 2.14. The zero-order valence-corrected chi connectivity index (χ0v) is 11.7. The smallest absolute Gasteiger partial charge is 0.0713 e. The number of pyridine rings is 1. The number of nitrogens with one attached hydrogen (secondary N) is 1. The summed E-state index contributed by atoms with van der Waals surface area (Å²) in [5, 5.41) is 3.41. The molecule has 0 fully saturated rings. The number of methoxy groups -OCH3 is 1. The molecule has 3 nitrogen and oxygen atoms in total. The van der Waals surface area contributed by atoms with Gasteiger partial charge < -0.3 is 10.1 Å². The van der Waals surface area contributed by atoms with Crippen molar-refractivity contribution in [2.75, 3.05) is 12.4 Å². The molecule has 100 valence electrons. The van der Waals surface area contributed by atoms with E-state index in [2.05, 4.69) is 40.6 Å². The van der Waals surface area contributed by atoms with Crippen LogP contribution in [-0.4, -0.2) is 12.1 Å². The Morgan fingerprint density at radius 2 is 1.68 bits per heavy atom. The number of aromatic nitrogens is 1. The van der Waals surface area contributed by atoms with Crippen LogP contribution >= 0.6 is 0 Å². The summed E-state index contributed by atoms with van der Waals surface area (Å²) in [6.45, 7) is 5.50. The third-order valence-corrected chi connectivity index (χ3v) is 3.04. The fourth-order valence-electron chi connectivity index (χ4n) is 1.99. The van der Waals surface area contributed by atoms with Gasteiger partial charge in [0, 0.05) is 19.3 Å². The molecule has 2 aromatic rings. The standard InChI is InChI=1S/C16H20N2O/c1-12-4-9-16(13(2)18-12)17-10-14-5-7-15(8-6-14)11-19-3/h4-9,17H,10-11H2,1-3H3. The molecule has 0 aliphatic carbocycles. The monoisotopic (exact) mass is 256 g/mol. The summed E-state index contributed by atoms with van der Waals surface area (Å²) in [5.41, 5.74) is 5.62. The van der Waals surface area contributed by atoms with E-state index in [0.29, 0.717) is 6.61 Å². The summed E-state index contributed by atoms with van der Waals surface area (Å²) in [6, 6.07) is 12.5. The lowest BCUT2D eigenvalue weighted by molar-refractivity contribution is 0.185. The van der Waals surface area contributed by atoms with Gasteiger partial charge in [-0.25, -0.2) is 0 Å². The second-order valence-electron chi connectivity index (χ2n) is 4.69. The lowest BCUT2D eigenvalue weighted by Crippen LogP contribution is -2.02. The van der Waals surface area contributed by atoms with Gasteiger partial charge in [0.25, 0.3) is 0 Å². The van der Waals surface area contributed by atoms with Crippen LogP contribution < -0.4 is 5.32 Å². The summed E-state index contributed by atoms with van der Waals surface area (Å²) >= 11 is 0. The molecular weight excluding hydrogens is 236 g/mol. The molecule has 0 saturated heterocycles. The maximum absolute atomic E-state index is 5.10. The van der Waals surface area contributed by atoms with Crippen LogP contribution in [0.5, 0.6) is 0 Å². The van der Waals surface area contributed by atoms with E-state index in [1.165, 1.54) is 11.1 Å². The normalized spacial score (nSPS) is 10.5. The molecule has 0 bridgehead atoms. The Labute approximate surface area is 114 Å². The molecule has 0 atom stereocenters. The van der Waals surface area contributed by atoms with Crippen LogP contribution in [0.15, 0.2) is 36.4 Å². The first kappa shape index (κ1) is 13.6. The lowest BCUT2D eigenvalue weighted by atomic mass is 10.1. The highest BCUT2D eigenvalue weighted by Gasteiger charge is 2.00. The number of hydrogen-bond acceptors (Lipinski definition) is 3. The minimum Gasteiger partial charge on any atom is -0.380 e. The van der Waals surface area contributed by atoms with Gasteiger partial charge in [-0.2, -0.15) is 0 Å². The van der Waals surface area contributed by atoms with Crippen LogP contribution in [0.4, 0.5) is 5.69 Å². The molecule has 1 aromatic carbocycles. The molecule has 19 heavy (non-hydrogen) atoms. The van der Waals surface area contributed by atoms with E-state index in [0.717, 1.165) is 23.6 Å². The topological polar surface area (TPSA) is 34.1 Å². The van der Waals surface area contributed by atoms with Crippen molar-refractivity contribution in [1.29, 1.82) is 0 Å². The SMILES string of the molecule is COCc1ccc(CNc2ccc(C)nc2C)cc1. The van der Waals surface area contributed by atoms with Crippen LogP contribution in [0.2, 0.25) is 0 Å². The summed E-state index contributed by atoms with van der Waals surface area (Å²) in [6.07, 6.45) is 0. The van der Waals surface area contributed by atoms with Gasteiger partial charge in [-0.1, -0.05) is 24.3 Å². The Morgan fingerprint density at radius 1 is 1.00 bits per heavy atom. The number of aryl methyl sites for hydroxylation is 2. The molecule has 0 saturated carbocycles. The van der Waals surface area contributed by atoms with Crippen molar-refractivity contribution < 1.29 is 4.74 Å². The molecule has 0 radical (unpaired) electrons. The van der Waals surface area contributed by atoms with Crippen molar-refractivity contribution in [2.24, 2.45) is 0 Å². The van der Waals surface area contributed by atoms with Gasteiger partial charge in [0.1, 0.15) is 0 Å². The number of hydrogen-bond donors (Lipinski definition) is 1. The lowest BCUT2D eigenvalue weighted by Gasteiger charge is -2.10. The van der Waals surface area contributed by atoms with Crippen LogP contribution in [0.1, 0.15) is 22.5 Å². The highest BCUT2D eigenvalue weighted by atomic mass is 16.5. The van der Waals surface area contributed by atoms with Crippen molar-refractivity contribution in [1.82, 2.24) is 4.98 Å². The molecule has 2 rings (SSSR count). The first-order valence-electron chi connectivity index (χ1n) is 6.44. The average Bonchev–Trinajstić information content (AvgIpc) is 2.40. The molecule has 0 spiro atoms. The molecule has 0 aliphatic rings. The van der Waals surface area contributed by atoms with Crippen LogP contribution in [-0.2, 0) is 17.9 Å². The predicted octanol–water partition coefficient (Wildman–Crippen LogP) is 3.46. The van der Waals surface area contributed by atoms with Crippen molar-refractivity contribution in [3.8, 4) is 0 Å². The highest BCUT2D eigenvalue weighted by molar-refractivity contribution is 5.48. The first-order valence-corrected chi connectivity index (χ1v) is 6.44. The van der Waals surface area contributed by atoms with E-state index < -0.39 is 0 Å². The van der Waals surface area contributed by atoms with E-state index in [1.807, 2.05) is 19.9 Å². The molecule has 1 heterocycles. The summed E-state index contributed by atoms with van der Waals surface area (Å²) in [5.74, 6) is 0. The number of anilines is 1. The van der Waals surface area contributed by atoms with Gasteiger partial charge in [0.15, 0.2) is 0 Å². The van der Waals surface area contributed by atoms with Crippen molar-refractivity contribution in [2.45, 2.75) is 27.0 Å². The Morgan fingerprint density at radius 3 is 2.32 bits per heavy atom. The average molecular weight is 256 g/mol. The number of nitrogens with zero attached hydrogens (tertiary/aromatic N) is 1. The molecule has 3 heteroatoms. The number of rotatable bonds is 5. The Balaban J connectivity index is 1.98. The molecular formula is C16H20N2O. The van der Waals surface area contributed by atoms with Crippen LogP contribution in [0.3, 0.4) is 0 Å².